The number of fused-ring (bicyclic) bond motifs is 2. The first-order valence-electron chi connectivity index (χ1n) is 10.9. The molecule has 2 heterocycles. The number of alkyl halides is 2. The molecule has 164 valence electrons. The zero-order chi connectivity index (χ0) is 22.7. The summed E-state index contributed by atoms with van der Waals surface area (Å²) in [6, 6.07) is 8.35. The van der Waals surface area contributed by atoms with Crippen LogP contribution in [0.3, 0.4) is 0 Å². The van der Waals surface area contributed by atoms with Crippen LogP contribution in [-0.4, -0.2) is 66.0 Å². The van der Waals surface area contributed by atoms with Crippen molar-refractivity contribution in [3.63, 3.8) is 0 Å². The first-order chi connectivity index (χ1) is 15.2. The van der Waals surface area contributed by atoms with Crippen LogP contribution in [0.25, 0.3) is 16.9 Å². The first-order valence-corrected chi connectivity index (χ1v) is 10.9. The van der Waals surface area contributed by atoms with E-state index in [9.17, 15) is 9.50 Å². The quantitative estimate of drug-likeness (QED) is 0.638. The average molecular weight is 435 g/mol. The van der Waals surface area contributed by atoms with E-state index in [1.807, 2.05) is 21.8 Å². The minimum absolute atomic E-state index is 0.0779. The highest BCUT2D eigenvalue weighted by Crippen LogP contribution is 2.66. The summed E-state index contributed by atoms with van der Waals surface area (Å²) in [6.45, 7) is 0. The maximum Gasteiger partial charge on any atom is 0.151 e. The number of benzene rings is 1. The summed E-state index contributed by atoms with van der Waals surface area (Å²) in [5.74, 6) is 0.606. The molecule has 1 aromatic carbocycles. The second-order valence-electron chi connectivity index (χ2n) is 9.89. The molecule has 32 heavy (non-hydrogen) atoms. The Morgan fingerprint density at radius 1 is 1.12 bits per heavy atom. The maximum atomic E-state index is 15.5. The third kappa shape index (κ3) is 3.27. The molecule has 2 fully saturated rings. The van der Waals surface area contributed by atoms with Crippen LogP contribution in [0, 0.1) is 0 Å². The number of aromatic nitrogens is 4. The van der Waals surface area contributed by atoms with Crippen LogP contribution < -0.4 is 4.90 Å². The molecule has 2 aliphatic carbocycles. The van der Waals surface area contributed by atoms with E-state index in [1.165, 1.54) is 0 Å². The van der Waals surface area contributed by atoms with Crippen molar-refractivity contribution >= 4 is 21.5 Å². The Morgan fingerprint density at radius 2 is 1.94 bits per heavy atom. The predicted molar refractivity (Wildman–Crippen MR) is 125 cm³/mol. The number of hydrogen-bond donors (Lipinski definition) is 1. The van der Waals surface area contributed by atoms with E-state index < -0.39 is 29.0 Å². The fraction of sp³-hybridized carbons (Fsp3) is 0.409. The van der Waals surface area contributed by atoms with Crippen LogP contribution in [0.2, 0.25) is 10.6 Å². The lowest BCUT2D eigenvalue weighted by Gasteiger charge is -2.46. The molecule has 0 aliphatic heterocycles. The highest BCUT2D eigenvalue weighted by atomic mass is 19.1. The molecule has 5 rings (SSSR count). The number of hydrogen-bond acceptors (Lipinski definition) is 5. The second kappa shape index (κ2) is 7.32. The Hall–Kier alpha value is -2.90. The summed E-state index contributed by atoms with van der Waals surface area (Å²) < 4.78 is 31.9. The molecule has 6 nitrogen and oxygen atoms in total. The predicted octanol–water partition coefficient (Wildman–Crippen LogP) is 2.30. The molecule has 1 N–H and O–H groups in total. The number of halogens is 2. The Kier molecular flexibility index (Phi) is 4.80. The Labute approximate surface area is 187 Å². The molecular formula is C22H25B2F2N5O. The Balaban J connectivity index is 1.38. The molecule has 2 bridgehead atoms. The lowest BCUT2D eigenvalue weighted by atomic mass is 9.51. The Bertz CT molecular complexity index is 1130. The van der Waals surface area contributed by atoms with Crippen molar-refractivity contribution in [3.8, 4) is 22.7 Å². The van der Waals surface area contributed by atoms with Crippen molar-refractivity contribution < 1.29 is 13.9 Å². The fourth-order valence-corrected chi connectivity index (χ4v) is 5.69. The monoisotopic (exact) mass is 435 g/mol. The molecular weight excluding hydrogens is 410 g/mol. The normalized spacial score (nSPS) is 31.5. The van der Waals surface area contributed by atoms with Gasteiger partial charge in [0.2, 0.25) is 0 Å². The van der Waals surface area contributed by atoms with Crippen LogP contribution in [0.15, 0.2) is 49.1 Å². The van der Waals surface area contributed by atoms with Gasteiger partial charge in [0, 0.05) is 31.1 Å². The average Bonchev–Trinajstić information content (AvgIpc) is 3.37. The van der Waals surface area contributed by atoms with E-state index in [4.69, 9.17) is 0 Å². The van der Waals surface area contributed by atoms with Crippen molar-refractivity contribution in [1.29, 1.82) is 0 Å². The molecule has 2 aliphatic rings. The third-order valence-electron chi connectivity index (χ3n) is 7.46. The van der Waals surface area contributed by atoms with E-state index in [0.717, 1.165) is 5.69 Å². The molecule has 0 spiro atoms. The largest absolute Gasteiger partial charge is 0.507 e. The molecule has 2 saturated carbocycles. The highest BCUT2D eigenvalue weighted by Gasteiger charge is 2.61. The number of nitrogens with zero attached hydrogens (tertiary/aromatic N) is 5. The summed E-state index contributed by atoms with van der Waals surface area (Å²) in [6.07, 6.45) is 4.29. The number of imidazole rings is 1. The smallest absolute Gasteiger partial charge is 0.151 e. The van der Waals surface area contributed by atoms with E-state index in [-0.39, 0.29) is 12.2 Å². The van der Waals surface area contributed by atoms with E-state index in [2.05, 4.69) is 15.2 Å². The van der Waals surface area contributed by atoms with Gasteiger partial charge in [-0.25, -0.2) is 13.8 Å². The van der Waals surface area contributed by atoms with E-state index in [0.29, 0.717) is 29.9 Å². The van der Waals surface area contributed by atoms with Gasteiger partial charge in [0.05, 0.1) is 29.9 Å². The number of rotatable bonds is 4. The minimum Gasteiger partial charge on any atom is -0.507 e. The van der Waals surface area contributed by atoms with Crippen LogP contribution >= 0.6 is 0 Å². The van der Waals surface area contributed by atoms with Gasteiger partial charge < -0.3 is 14.6 Å². The lowest BCUT2D eigenvalue weighted by Crippen LogP contribution is -2.50. The first kappa shape index (κ1) is 21.0. The van der Waals surface area contributed by atoms with Crippen LogP contribution in [-0.2, 0) is 0 Å². The molecule has 0 amide bonds. The number of aromatic hydroxyl groups is 1. The number of anilines is 1. The standard InChI is InChI=1S/C22H25B2F2N5O/c1-30(16-9-21(23)11-22(24,20(16)26)10-18(21)25)19-5-4-15(28-29-19)14-3-2-13(8-17(14)32)31-7-6-27-12-31/h2-8,12,16,18,20,32H,9-11,23-24H2,1H3/t16-,18?,20+,21+,22+/m1/s1. The summed E-state index contributed by atoms with van der Waals surface area (Å²) >= 11 is 0. The minimum atomic E-state index is -1.14. The topological polar surface area (TPSA) is 67.1 Å². The number of phenolic OH excluding ortho intramolecular Hbond substituents is 1. The zero-order valence-corrected chi connectivity index (χ0v) is 18.4. The maximum absolute atomic E-state index is 15.5. The van der Waals surface area contributed by atoms with Gasteiger partial charge in [0.15, 0.2) is 5.82 Å². The van der Waals surface area contributed by atoms with Crippen LogP contribution in [0.4, 0.5) is 14.6 Å². The molecule has 0 radical (unpaired) electrons. The van der Waals surface area contributed by atoms with E-state index >= 15 is 4.39 Å². The van der Waals surface area contributed by atoms with Crippen LogP contribution in [0.5, 0.6) is 5.75 Å². The molecule has 2 aromatic heterocycles. The SMILES string of the molecule is B[C@]12C[C@@H](N(C)c3ccc(-c4ccc(-n5ccnc5)cc4O)nn3)[C@H](F)[C@](B)(CC1F)C2. The van der Waals surface area contributed by atoms with Gasteiger partial charge in [-0.15, -0.1) is 10.2 Å². The van der Waals surface area contributed by atoms with E-state index in [1.54, 1.807) is 59.5 Å². The third-order valence-corrected chi connectivity index (χ3v) is 7.46. The second-order valence-corrected chi connectivity index (χ2v) is 9.89. The van der Waals surface area contributed by atoms with Crippen molar-refractivity contribution in [3.05, 3.63) is 49.1 Å². The van der Waals surface area contributed by atoms with Gasteiger partial charge >= 0.3 is 0 Å². The van der Waals surface area contributed by atoms with Gasteiger partial charge in [-0.05, 0) is 47.7 Å². The van der Waals surface area contributed by atoms with Crippen LogP contribution in [0.1, 0.15) is 19.3 Å². The van der Waals surface area contributed by atoms with Crippen molar-refractivity contribution in [2.24, 2.45) is 0 Å². The zero-order valence-electron chi connectivity index (χ0n) is 18.4. The Morgan fingerprint density at radius 3 is 2.59 bits per heavy atom. The molecule has 10 heteroatoms. The lowest BCUT2D eigenvalue weighted by molar-refractivity contribution is 0.157. The molecule has 1 unspecified atom stereocenters. The van der Waals surface area contributed by atoms with Crippen molar-refractivity contribution in [1.82, 2.24) is 19.7 Å². The van der Waals surface area contributed by atoms with Gasteiger partial charge in [0.1, 0.15) is 27.6 Å². The van der Waals surface area contributed by atoms with Gasteiger partial charge in [-0.3, -0.25) is 0 Å². The molecule has 0 saturated heterocycles. The van der Waals surface area contributed by atoms with Gasteiger partial charge in [-0.2, -0.15) is 0 Å². The summed E-state index contributed by atoms with van der Waals surface area (Å²) in [4.78, 5) is 5.80. The van der Waals surface area contributed by atoms with Gasteiger partial charge in [-0.1, -0.05) is 6.42 Å². The fourth-order valence-electron chi connectivity index (χ4n) is 5.69. The molecule has 5 atom stereocenters. The van der Waals surface area contributed by atoms with Crippen molar-refractivity contribution in [2.45, 2.75) is 48.3 Å². The summed E-state index contributed by atoms with van der Waals surface area (Å²) in [5.41, 5.74) is 1.84. The van der Waals surface area contributed by atoms with Crippen molar-refractivity contribution in [2.75, 3.05) is 11.9 Å². The summed E-state index contributed by atoms with van der Waals surface area (Å²) in [7, 11) is 5.59. The van der Waals surface area contributed by atoms with Gasteiger partial charge in [0.25, 0.3) is 0 Å². The number of phenols is 1. The summed E-state index contributed by atoms with van der Waals surface area (Å²) in [5, 5.41) is 17.9. The molecule has 3 aromatic rings. The highest BCUT2D eigenvalue weighted by molar-refractivity contribution is 6.21.